The number of aromatic nitrogens is 2. The van der Waals surface area contributed by atoms with E-state index in [0.29, 0.717) is 5.92 Å². The van der Waals surface area contributed by atoms with Crippen molar-refractivity contribution >= 4 is 5.57 Å². The van der Waals surface area contributed by atoms with Crippen LogP contribution in [-0.2, 0) is 0 Å². The van der Waals surface area contributed by atoms with Crippen LogP contribution >= 0.6 is 0 Å². The van der Waals surface area contributed by atoms with Crippen LogP contribution in [0.25, 0.3) is 5.57 Å². The van der Waals surface area contributed by atoms with Crippen molar-refractivity contribution in [3.63, 3.8) is 0 Å². The summed E-state index contributed by atoms with van der Waals surface area (Å²) in [6, 6.07) is 1.81. The molecule has 68 valence electrons. The lowest BCUT2D eigenvalue weighted by molar-refractivity contribution is 0.251. The van der Waals surface area contributed by atoms with Gasteiger partial charge in [0.2, 0.25) is 0 Å². The van der Waals surface area contributed by atoms with E-state index >= 15 is 0 Å². The highest BCUT2D eigenvalue weighted by Gasteiger charge is 2.17. The fourth-order valence-electron chi connectivity index (χ4n) is 1.59. The Labute approximate surface area is 77.2 Å². The topological polar surface area (TPSA) is 46.0 Å². The van der Waals surface area contributed by atoms with E-state index in [1.54, 1.807) is 12.4 Å². The molecule has 0 saturated heterocycles. The van der Waals surface area contributed by atoms with Gasteiger partial charge in [-0.25, -0.2) is 9.97 Å². The van der Waals surface area contributed by atoms with Crippen molar-refractivity contribution in [2.24, 2.45) is 5.92 Å². The van der Waals surface area contributed by atoms with Crippen LogP contribution in [0.2, 0.25) is 0 Å². The second kappa shape index (κ2) is 3.66. The van der Waals surface area contributed by atoms with Gasteiger partial charge in [0.15, 0.2) is 5.82 Å². The van der Waals surface area contributed by atoms with E-state index < -0.39 is 0 Å². The van der Waals surface area contributed by atoms with Crippen LogP contribution in [-0.4, -0.2) is 21.7 Å². The van der Waals surface area contributed by atoms with Crippen molar-refractivity contribution in [1.82, 2.24) is 9.97 Å². The van der Waals surface area contributed by atoms with Gasteiger partial charge in [0.1, 0.15) is 0 Å². The number of nitrogens with zero attached hydrogens (tertiary/aromatic N) is 2. The minimum absolute atomic E-state index is 0.232. The molecule has 0 radical (unpaired) electrons. The Morgan fingerprint density at radius 3 is 2.77 bits per heavy atom. The second-order valence-electron chi connectivity index (χ2n) is 3.25. The first-order valence-corrected chi connectivity index (χ1v) is 4.49. The molecular formula is C10H12N2O. The molecule has 1 unspecified atom stereocenters. The molecule has 1 N–H and O–H groups in total. The van der Waals surface area contributed by atoms with Crippen molar-refractivity contribution in [2.75, 3.05) is 6.61 Å². The lowest BCUT2D eigenvalue weighted by atomic mass is 10.1. The minimum atomic E-state index is 0.232. The number of aliphatic hydroxyl groups is 1. The van der Waals surface area contributed by atoms with E-state index in [9.17, 15) is 0 Å². The first-order valence-electron chi connectivity index (χ1n) is 4.49. The van der Waals surface area contributed by atoms with Crippen LogP contribution in [0.15, 0.2) is 24.5 Å². The number of hydrogen-bond donors (Lipinski definition) is 1. The SMILES string of the molecule is OCC1C=C(c2ncccn2)CC1. The Bertz CT molecular complexity index is 308. The molecule has 0 bridgehead atoms. The van der Waals surface area contributed by atoms with Gasteiger partial charge in [0, 0.05) is 24.9 Å². The number of aliphatic hydroxyl groups excluding tert-OH is 1. The van der Waals surface area contributed by atoms with Gasteiger partial charge < -0.3 is 5.11 Å². The summed E-state index contributed by atoms with van der Waals surface area (Å²) in [6.45, 7) is 0.232. The summed E-state index contributed by atoms with van der Waals surface area (Å²) in [4.78, 5) is 8.34. The van der Waals surface area contributed by atoms with Gasteiger partial charge in [0.05, 0.1) is 0 Å². The van der Waals surface area contributed by atoms with Gasteiger partial charge in [-0.3, -0.25) is 0 Å². The Morgan fingerprint density at radius 2 is 2.15 bits per heavy atom. The van der Waals surface area contributed by atoms with Crippen LogP contribution in [0.5, 0.6) is 0 Å². The maximum atomic E-state index is 8.95. The van der Waals surface area contributed by atoms with Crippen LogP contribution in [0.4, 0.5) is 0 Å². The van der Waals surface area contributed by atoms with Gasteiger partial charge in [-0.2, -0.15) is 0 Å². The first kappa shape index (κ1) is 8.38. The average Bonchev–Trinajstić information content (AvgIpc) is 2.67. The summed E-state index contributed by atoms with van der Waals surface area (Å²) in [5, 5.41) is 8.95. The average molecular weight is 176 g/mol. The van der Waals surface area contributed by atoms with E-state index in [0.717, 1.165) is 18.7 Å². The zero-order chi connectivity index (χ0) is 9.10. The van der Waals surface area contributed by atoms with Gasteiger partial charge in [0.25, 0.3) is 0 Å². The van der Waals surface area contributed by atoms with Gasteiger partial charge in [-0.05, 0) is 24.5 Å². The summed E-state index contributed by atoms with van der Waals surface area (Å²) in [7, 11) is 0. The summed E-state index contributed by atoms with van der Waals surface area (Å²) < 4.78 is 0. The van der Waals surface area contributed by atoms with Crippen LogP contribution in [0.3, 0.4) is 0 Å². The highest BCUT2D eigenvalue weighted by atomic mass is 16.3. The summed E-state index contributed by atoms with van der Waals surface area (Å²) >= 11 is 0. The molecule has 1 aromatic rings. The third-order valence-electron chi connectivity index (χ3n) is 2.31. The maximum Gasteiger partial charge on any atom is 0.154 e. The molecule has 3 heteroatoms. The Hall–Kier alpha value is -1.22. The maximum absolute atomic E-state index is 8.95. The summed E-state index contributed by atoms with van der Waals surface area (Å²) in [6.07, 6.45) is 7.57. The summed E-state index contributed by atoms with van der Waals surface area (Å²) in [5.74, 6) is 1.11. The number of allylic oxidation sites excluding steroid dienone is 1. The fraction of sp³-hybridized carbons (Fsp3) is 0.400. The van der Waals surface area contributed by atoms with Crippen molar-refractivity contribution in [3.05, 3.63) is 30.4 Å². The Balaban J connectivity index is 2.19. The lowest BCUT2D eigenvalue weighted by Crippen LogP contribution is -1.96. The molecular weight excluding hydrogens is 164 g/mol. The highest BCUT2D eigenvalue weighted by molar-refractivity contribution is 5.61. The Kier molecular flexibility index (Phi) is 2.36. The third kappa shape index (κ3) is 1.75. The predicted octanol–water partition coefficient (Wildman–Crippen LogP) is 1.26. The molecule has 1 aliphatic rings. The third-order valence-corrected chi connectivity index (χ3v) is 2.31. The minimum Gasteiger partial charge on any atom is -0.396 e. The second-order valence-corrected chi connectivity index (χ2v) is 3.25. The zero-order valence-electron chi connectivity index (χ0n) is 7.35. The molecule has 1 aromatic heterocycles. The quantitative estimate of drug-likeness (QED) is 0.738. The van der Waals surface area contributed by atoms with Crippen LogP contribution < -0.4 is 0 Å². The van der Waals surface area contributed by atoms with E-state index in [-0.39, 0.29) is 6.61 Å². The highest BCUT2D eigenvalue weighted by Crippen LogP contribution is 2.28. The molecule has 1 heterocycles. The van der Waals surface area contributed by atoms with E-state index in [2.05, 4.69) is 16.0 Å². The molecule has 2 rings (SSSR count). The molecule has 3 nitrogen and oxygen atoms in total. The molecule has 1 aliphatic carbocycles. The molecule has 0 fully saturated rings. The zero-order valence-corrected chi connectivity index (χ0v) is 7.35. The van der Waals surface area contributed by atoms with E-state index in [1.807, 2.05) is 6.07 Å². The van der Waals surface area contributed by atoms with Crippen molar-refractivity contribution in [1.29, 1.82) is 0 Å². The Morgan fingerprint density at radius 1 is 1.38 bits per heavy atom. The van der Waals surface area contributed by atoms with Gasteiger partial charge >= 0.3 is 0 Å². The lowest BCUT2D eigenvalue weighted by Gasteiger charge is -1.96. The standard InChI is InChI=1S/C10H12N2O/c13-7-8-2-3-9(6-8)10-11-4-1-5-12-10/h1,4-6,8,13H,2-3,7H2. The molecule has 0 amide bonds. The normalized spacial score (nSPS) is 21.6. The van der Waals surface area contributed by atoms with Gasteiger partial charge in [-0.15, -0.1) is 0 Å². The van der Waals surface area contributed by atoms with Crippen LogP contribution in [0, 0.1) is 5.92 Å². The molecule has 0 spiro atoms. The van der Waals surface area contributed by atoms with Gasteiger partial charge in [-0.1, -0.05) is 6.08 Å². The molecule has 1 atom stereocenters. The van der Waals surface area contributed by atoms with Crippen molar-refractivity contribution in [3.8, 4) is 0 Å². The van der Waals surface area contributed by atoms with Crippen LogP contribution in [0.1, 0.15) is 18.7 Å². The monoisotopic (exact) mass is 176 g/mol. The van der Waals surface area contributed by atoms with Crippen molar-refractivity contribution < 1.29 is 5.11 Å². The largest absolute Gasteiger partial charge is 0.396 e. The molecule has 13 heavy (non-hydrogen) atoms. The number of hydrogen-bond acceptors (Lipinski definition) is 3. The predicted molar refractivity (Wildman–Crippen MR) is 49.8 cm³/mol. The van der Waals surface area contributed by atoms with E-state index in [4.69, 9.17) is 5.11 Å². The molecule has 0 aliphatic heterocycles. The first-order chi connectivity index (χ1) is 6.40. The summed E-state index contributed by atoms with van der Waals surface area (Å²) in [5.41, 5.74) is 1.17. The molecule has 0 aromatic carbocycles. The fourth-order valence-corrected chi connectivity index (χ4v) is 1.59. The smallest absolute Gasteiger partial charge is 0.154 e. The van der Waals surface area contributed by atoms with Crippen molar-refractivity contribution in [2.45, 2.75) is 12.8 Å². The number of rotatable bonds is 2. The molecule has 0 saturated carbocycles. The van der Waals surface area contributed by atoms with E-state index in [1.165, 1.54) is 5.57 Å².